The number of aliphatic carboxylic acids is 1. The summed E-state index contributed by atoms with van der Waals surface area (Å²) in [6, 6.07) is 5.57. The van der Waals surface area contributed by atoms with E-state index in [1.54, 1.807) is 6.07 Å². The van der Waals surface area contributed by atoms with E-state index in [0.717, 1.165) is 0 Å². The molecule has 0 bridgehead atoms. The Bertz CT molecular complexity index is 520. The maximum absolute atomic E-state index is 13.8. The second kappa shape index (κ2) is 4.95. The first-order valence-corrected chi connectivity index (χ1v) is 5.85. The number of halogens is 2. The third kappa shape index (κ3) is 2.89. The Morgan fingerprint density at radius 2 is 2.16 bits per heavy atom. The molecular formula is C13H13F2NO3. The number of amides is 1. The minimum Gasteiger partial charge on any atom is -0.479 e. The number of likely N-dealkylation sites (tertiary alicyclic amines) is 1. The lowest BCUT2D eigenvalue weighted by atomic mass is 10.1. The summed E-state index contributed by atoms with van der Waals surface area (Å²) in [5, 5.41) is 8.74. The van der Waals surface area contributed by atoms with Gasteiger partial charge in [-0.15, -0.1) is 0 Å². The van der Waals surface area contributed by atoms with Crippen LogP contribution in [0, 0.1) is 5.82 Å². The van der Waals surface area contributed by atoms with Crippen LogP contribution >= 0.6 is 0 Å². The Hall–Kier alpha value is -1.98. The van der Waals surface area contributed by atoms with Gasteiger partial charge >= 0.3 is 5.97 Å². The van der Waals surface area contributed by atoms with Crippen LogP contribution in [0.4, 0.5) is 8.78 Å². The highest BCUT2D eigenvalue weighted by atomic mass is 19.1. The van der Waals surface area contributed by atoms with Gasteiger partial charge in [-0.3, -0.25) is 4.79 Å². The van der Waals surface area contributed by atoms with Gasteiger partial charge < -0.3 is 10.0 Å². The molecule has 6 heteroatoms. The summed E-state index contributed by atoms with van der Waals surface area (Å²) in [6.07, 6.45) is -0.273. The van der Waals surface area contributed by atoms with Crippen molar-refractivity contribution in [2.24, 2.45) is 0 Å². The summed E-state index contributed by atoms with van der Waals surface area (Å²) in [4.78, 5) is 23.8. The predicted molar refractivity (Wildman–Crippen MR) is 62.8 cm³/mol. The molecule has 1 atom stereocenters. The van der Waals surface area contributed by atoms with Crippen LogP contribution in [0.15, 0.2) is 24.3 Å². The molecule has 1 aromatic rings. The molecule has 1 unspecified atom stereocenters. The molecule has 1 N–H and O–H groups in total. The standard InChI is InChI=1S/C13H13F2NO3/c14-10-3-1-2-9(6-10)7-11(17)16-5-4-13(15,8-16)12(18)19/h1-3,6H,4-5,7-8H2,(H,18,19). The van der Waals surface area contributed by atoms with Gasteiger partial charge in [-0.25, -0.2) is 13.6 Å². The lowest BCUT2D eigenvalue weighted by Gasteiger charge is -2.17. The molecule has 1 aromatic carbocycles. The minimum absolute atomic E-state index is 0.0620. The second-order valence-corrected chi connectivity index (χ2v) is 4.64. The van der Waals surface area contributed by atoms with Crippen molar-refractivity contribution in [2.45, 2.75) is 18.5 Å². The van der Waals surface area contributed by atoms with Crippen molar-refractivity contribution < 1.29 is 23.5 Å². The van der Waals surface area contributed by atoms with Crippen LogP contribution in [-0.4, -0.2) is 40.6 Å². The number of nitrogens with zero attached hydrogens (tertiary/aromatic N) is 1. The van der Waals surface area contributed by atoms with E-state index in [1.165, 1.54) is 23.1 Å². The topological polar surface area (TPSA) is 57.6 Å². The normalized spacial score (nSPS) is 22.5. The number of carbonyl (C=O) groups excluding carboxylic acids is 1. The first kappa shape index (κ1) is 13.5. The van der Waals surface area contributed by atoms with Gasteiger partial charge in [-0.2, -0.15) is 0 Å². The third-order valence-corrected chi connectivity index (χ3v) is 3.20. The first-order chi connectivity index (χ1) is 8.90. The van der Waals surface area contributed by atoms with Gasteiger partial charge in [0.15, 0.2) is 0 Å². The number of hydrogen-bond acceptors (Lipinski definition) is 2. The molecule has 102 valence electrons. The highest BCUT2D eigenvalue weighted by Gasteiger charge is 2.46. The Morgan fingerprint density at radius 1 is 1.42 bits per heavy atom. The average molecular weight is 269 g/mol. The third-order valence-electron chi connectivity index (χ3n) is 3.20. The van der Waals surface area contributed by atoms with Crippen molar-refractivity contribution in [2.75, 3.05) is 13.1 Å². The zero-order valence-electron chi connectivity index (χ0n) is 10.1. The maximum atomic E-state index is 13.8. The molecular weight excluding hydrogens is 256 g/mol. The first-order valence-electron chi connectivity index (χ1n) is 5.85. The Kier molecular flexibility index (Phi) is 3.50. The molecule has 1 aliphatic rings. The largest absolute Gasteiger partial charge is 0.479 e. The molecule has 1 heterocycles. The summed E-state index contributed by atoms with van der Waals surface area (Å²) in [5.41, 5.74) is -1.88. The fourth-order valence-corrected chi connectivity index (χ4v) is 2.09. The van der Waals surface area contributed by atoms with Crippen LogP contribution < -0.4 is 0 Å². The van der Waals surface area contributed by atoms with Gasteiger partial charge in [0.05, 0.1) is 13.0 Å². The van der Waals surface area contributed by atoms with E-state index < -0.39 is 29.9 Å². The molecule has 1 amide bonds. The Balaban J connectivity index is 2.01. The average Bonchev–Trinajstić information content (AvgIpc) is 2.73. The van der Waals surface area contributed by atoms with Gasteiger partial charge in [-0.05, 0) is 17.7 Å². The number of rotatable bonds is 3. The number of carboxylic acid groups (broad SMARTS) is 1. The van der Waals surface area contributed by atoms with Crippen molar-refractivity contribution in [3.05, 3.63) is 35.6 Å². The van der Waals surface area contributed by atoms with Crippen molar-refractivity contribution in [1.82, 2.24) is 4.90 Å². The zero-order valence-corrected chi connectivity index (χ0v) is 10.1. The summed E-state index contributed by atoms with van der Waals surface area (Å²) in [7, 11) is 0. The smallest absolute Gasteiger partial charge is 0.343 e. The Morgan fingerprint density at radius 3 is 2.74 bits per heavy atom. The van der Waals surface area contributed by atoms with Gasteiger partial charge in [-0.1, -0.05) is 12.1 Å². The monoisotopic (exact) mass is 269 g/mol. The summed E-state index contributed by atoms with van der Waals surface area (Å²) in [5.74, 6) is -2.39. The van der Waals surface area contributed by atoms with E-state index in [2.05, 4.69) is 0 Å². The van der Waals surface area contributed by atoms with E-state index in [4.69, 9.17) is 5.11 Å². The number of benzene rings is 1. The molecule has 1 saturated heterocycles. The highest BCUT2D eigenvalue weighted by Crippen LogP contribution is 2.26. The van der Waals surface area contributed by atoms with Crippen molar-refractivity contribution in [3.63, 3.8) is 0 Å². The van der Waals surface area contributed by atoms with Crippen molar-refractivity contribution in [3.8, 4) is 0 Å². The van der Waals surface area contributed by atoms with Crippen LogP contribution in [0.2, 0.25) is 0 Å². The van der Waals surface area contributed by atoms with Crippen LogP contribution in [0.3, 0.4) is 0 Å². The van der Waals surface area contributed by atoms with Gasteiger partial charge in [0.2, 0.25) is 11.6 Å². The number of alkyl halides is 1. The highest BCUT2D eigenvalue weighted by molar-refractivity contribution is 5.83. The van der Waals surface area contributed by atoms with Crippen LogP contribution in [-0.2, 0) is 16.0 Å². The molecule has 1 aliphatic heterocycles. The van der Waals surface area contributed by atoms with E-state index in [0.29, 0.717) is 5.56 Å². The van der Waals surface area contributed by atoms with Crippen molar-refractivity contribution >= 4 is 11.9 Å². The fraction of sp³-hybridized carbons (Fsp3) is 0.385. The number of carboxylic acids is 1. The zero-order chi connectivity index (χ0) is 14.0. The number of carbonyl (C=O) groups is 2. The fourth-order valence-electron chi connectivity index (χ4n) is 2.09. The summed E-state index contributed by atoms with van der Waals surface area (Å²) >= 11 is 0. The number of hydrogen-bond donors (Lipinski definition) is 1. The molecule has 0 aromatic heterocycles. The molecule has 0 saturated carbocycles. The summed E-state index contributed by atoms with van der Waals surface area (Å²) in [6.45, 7) is -0.382. The molecule has 2 rings (SSSR count). The molecule has 0 spiro atoms. The van der Waals surface area contributed by atoms with Crippen LogP contribution in [0.1, 0.15) is 12.0 Å². The molecule has 0 radical (unpaired) electrons. The van der Waals surface area contributed by atoms with Gasteiger partial charge in [0, 0.05) is 13.0 Å². The molecule has 0 aliphatic carbocycles. The Labute approximate surface area is 108 Å². The van der Waals surface area contributed by atoms with Crippen LogP contribution in [0.25, 0.3) is 0 Å². The van der Waals surface area contributed by atoms with Crippen molar-refractivity contribution in [1.29, 1.82) is 0 Å². The maximum Gasteiger partial charge on any atom is 0.343 e. The molecule has 1 fully saturated rings. The van der Waals surface area contributed by atoms with E-state index >= 15 is 0 Å². The van der Waals surface area contributed by atoms with E-state index in [-0.39, 0.29) is 19.4 Å². The van der Waals surface area contributed by atoms with E-state index in [1.807, 2.05) is 0 Å². The minimum atomic E-state index is -2.36. The van der Waals surface area contributed by atoms with Gasteiger partial charge in [0.1, 0.15) is 5.82 Å². The summed E-state index contributed by atoms with van der Waals surface area (Å²) < 4.78 is 26.8. The van der Waals surface area contributed by atoms with Crippen LogP contribution in [0.5, 0.6) is 0 Å². The SMILES string of the molecule is O=C(Cc1cccc(F)c1)N1CCC(F)(C(=O)O)C1. The molecule has 19 heavy (non-hydrogen) atoms. The van der Waals surface area contributed by atoms with E-state index in [9.17, 15) is 18.4 Å². The molecule has 4 nitrogen and oxygen atoms in total. The quantitative estimate of drug-likeness (QED) is 0.902. The predicted octanol–water partition coefficient (Wildman–Crippen LogP) is 1.39. The van der Waals surface area contributed by atoms with Gasteiger partial charge in [0.25, 0.3) is 0 Å². The lowest BCUT2D eigenvalue weighted by Crippen LogP contribution is -2.39. The lowest BCUT2D eigenvalue weighted by molar-refractivity contribution is -0.150. The second-order valence-electron chi connectivity index (χ2n) is 4.64.